The summed E-state index contributed by atoms with van der Waals surface area (Å²) in [5, 5.41) is 0.494. The Labute approximate surface area is 210 Å². The maximum absolute atomic E-state index is 13.2. The Bertz CT molecular complexity index is 1160. The first-order valence-electron chi connectivity index (χ1n) is 10.5. The number of anilines is 1. The van der Waals surface area contributed by atoms with Gasteiger partial charge in [0.05, 0.1) is 24.9 Å². The van der Waals surface area contributed by atoms with E-state index in [1.807, 2.05) is 19.0 Å². The standard InChI is InChI=1S/C23H29N3O5S2.ClH/c1-25(2)14-8-15-26(20(27)13-16-33(28,29)17-9-6-5-7-10-17)23-24-21-18(30-3)11-12-19(31-4)22(21)32-23;/h5-7,9-12H,8,13-16H2,1-4H3;1H. The van der Waals surface area contributed by atoms with Crippen molar-refractivity contribution in [3.05, 3.63) is 42.5 Å². The minimum Gasteiger partial charge on any atom is -0.495 e. The molecule has 1 heterocycles. The van der Waals surface area contributed by atoms with E-state index in [4.69, 9.17) is 9.47 Å². The van der Waals surface area contributed by atoms with Crippen LogP contribution in [-0.2, 0) is 14.6 Å². The van der Waals surface area contributed by atoms with Crippen molar-refractivity contribution in [1.82, 2.24) is 9.88 Å². The summed E-state index contributed by atoms with van der Waals surface area (Å²) in [7, 11) is 3.51. The summed E-state index contributed by atoms with van der Waals surface area (Å²) in [6.45, 7) is 1.20. The number of ether oxygens (including phenoxy) is 2. The van der Waals surface area contributed by atoms with Gasteiger partial charge in [0.1, 0.15) is 21.7 Å². The minimum absolute atomic E-state index is 0. The van der Waals surface area contributed by atoms with Crippen LogP contribution in [0.15, 0.2) is 47.4 Å². The van der Waals surface area contributed by atoms with Crippen molar-refractivity contribution in [3.63, 3.8) is 0 Å². The highest BCUT2D eigenvalue weighted by Gasteiger charge is 2.24. The number of methoxy groups -OCH3 is 2. The summed E-state index contributed by atoms with van der Waals surface area (Å²) in [6.07, 6.45) is 0.581. The lowest BCUT2D eigenvalue weighted by Crippen LogP contribution is -2.34. The van der Waals surface area contributed by atoms with Crippen LogP contribution in [0, 0.1) is 0 Å². The molecule has 0 atom stereocenters. The van der Waals surface area contributed by atoms with E-state index < -0.39 is 9.84 Å². The number of thiazole rings is 1. The smallest absolute Gasteiger partial charge is 0.229 e. The van der Waals surface area contributed by atoms with Crippen molar-refractivity contribution in [2.24, 2.45) is 0 Å². The number of nitrogens with zero attached hydrogens (tertiary/aromatic N) is 3. The second-order valence-corrected chi connectivity index (χ2v) is 10.8. The molecule has 0 bridgehead atoms. The fourth-order valence-corrected chi connectivity index (χ4v) is 5.73. The van der Waals surface area contributed by atoms with Gasteiger partial charge in [0.15, 0.2) is 15.0 Å². The second-order valence-electron chi connectivity index (χ2n) is 7.73. The normalized spacial score (nSPS) is 11.3. The number of benzene rings is 2. The Morgan fingerprint density at radius 1 is 1.00 bits per heavy atom. The van der Waals surface area contributed by atoms with Gasteiger partial charge in [-0.3, -0.25) is 9.69 Å². The summed E-state index contributed by atoms with van der Waals surface area (Å²) in [5.41, 5.74) is 0.610. The van der Waals surface area contributed by atoms with Gasteiger partial charge in [-0.05, 0) is 51.3 Å². The molecule has 2 aromatic carbocycles. The monoisotopic (exact) mass is 527 g/mol. The first-order valence-corrected chi connectivity index (χ1v) is 13.0. The molecule has 0 unspecified atom stereocenters. The fraction of sp³-hybridized carbons (Fsp3) is 0.391. The maximum Gasteiger partial charge on any atom is 0.229 e. The largest absolute Gasteiger partial charge is 0.495 e. The topological polar surface area (TPSA) is 89.0 Å². The second kappa shape index (κ2) is 12.3. The zero-order chi connectivity index (χ0) is 24.0. The molecule has 0 aliphatic carbocycles. The van der Waals surface area contributed by atoms with Gasteiger partial charge in [-0.1, -0.05) is 29.5 Å². The van der Waals surface area contributed by atoms with Crippen molar-refractivity contribution < 1.29 is 22.7 Å². The summed E-state index contributed by atoms with van der Waals surface area (Å²) in [4.78, 5) is 21.7. The lowest BCUT2D eigenvalue weighted by Gasteiger charge is -2.21. The summed E-state index contributed by atoms with van der Waals surface area (Å²) in [6, 6.07) is 11.8. The molecule has 0 fully saturated rings. The predicted octanol–water partition coefficient (Wildman–Crippen LogP) is 3.88. The van der Waals surface area contributed by atoms with E-state index >= 15 is 0 Å². The Hall–Kier alpha value is -2.40. The number of carbonyl (C=O) groups excluding carboxylic acids is 1. The first kappa shape index (κ1) is 27.8. The van der Waals surface area contributed by atoms with Gasteiger partial charge < -0.3 is 14.4 Å². The van der Waals surface area contributed by atoms with E-state index in [1.165, 1.54) is 11.3 Å². The lowest BCUT2D eigenvalue weighted by molar-refractivity contribution is -0.118. The van der Waals surface area contributed by atoms with Crippen molar-refractivity contribution >= 4 is 54.8 Å². The quantitative estimate of drug-likeness (QED) is 0.374. The van der Waals surface area contributed by atoms with Gasteiger partial charge in [-0.25, -0.2) is 13.4 Å². The number of hydrogen-bond acceptors (Lipinski definition) is 8. The molecule has 0 saturated heterocycles. The molecule has 3 rings (SSSR count). The number of sulfone groups is 1. The van der Waals surface area contributed by atoms with Crippen LogP contribution >= 0.6 is 23.7 Å². The number of amides is 1. The number of halogens is 1. The van der Waals surface area contributed by atoms with Crippen LogP contribution in [0.2, 0.25) is 0 Å². The molecule has 3 aromatic rings. The van der Waals surface area contributed by atoms with Crippen LogP contribution in [0.3, 0.4) is 0 Å². The Kier molecular flexibility index (Phi) is 10.1. The molecule has 1 amide bonds. The van der Waals surface area contributed by atoms with Crippen LogP contribution in [0.25, 0.3) is 10.2 Å². The predicted molar refractivity (Wildman–Crippen MR) is 139 cm³/mol. The highest BCUT2D eigenvalue weighted by atomic mass is 35.5. The average molecular weight is 528 g/mol. The molecule has 0 radical (unpaired) electrons. The number of fused-ring (bicyclic) bond motifs is 1. The summed E-state index contributed by atoms with van der Waals surface area (Å²) in [5.74, 6) is 0.671. The molecule has 0 N–H and O–H groups in total. The third-order valence-corrected chi connectivity index (χ3v) is 7.93. The molecule has 11 heteroatoms. The number of hydrogen-bond donors (Lipinski definition) is 0. The van der Waals surface area contributed by atoms with Gasteiger partial charge in [-0.2, -0.15) is 0 Å². The van der Waals surface area contributed by atoms with Crippen molar-refractivity contribution in [2.75, 3.05) is 52.1 Å². The molecule has 0 spiro atoms. The van der Waals surface area contributed by atoms with Crippen LogP contribution in [-0.4, -0.2) is 71.4 Å². The third-order valence-electron chi connectivity index (χ3n) is 5.10. The molecule has 186 valence electrons. The SMILES string of the molecule is COc1ccc(OC)c2sc(N(CCCN(C)C)C(=O)CCS(=O)(=O)c3ccccc3)nc12.Cl. The van der Waals surface area contributed by atoms with E-state index in [0.29, 0.717) is 35.1 Å². The van der Waals surface area contributed by atoms with Gasteiger partial charge in [-0.15, -0.1) is 12.4 Å². The maximum atomic E-state index is 13.2. The molecule has 0 saturated carbocycles. The Morgan fingerprint density at radius 2 is 1.65 bits per heavy atom. The van der Waals surface area contributed by atoms with E-state index in [1.54, 1.807) is 61.6 Å². The fourth-order valence-electron chi connectivity index (χ4n) is 3.36. The van der Waals surface area contributed by atoms with E-state index in [9.17, 15) is 13.2 Å². The third kappa shape index (κ3) is 6.59. The number of carbonyl (C=O) groups is 1. The van der Waals surface area contributed by atoms with Crippen LogP contribution < -0.4 is 14.4 Å². The minimum atomic E-state index is -3.56. The first-order chi connectivity index (χ1) is 15.8. The highest BCUT2D eigenvalue weighted by molar-refractivity contribution is 7.91. The molecule has 1 aromatic heterocycles. The van der Waals surface area contributed by atoms with Crippen molar-refractivity contribution in [1.29, 1.82) is 0 Å². The number of rotatable bonds is 11. The van der Waals surface area contributed by atoms with E-state index in [2.05, 4.69) is 4.98 Å². The van der Waals surface area contributed by atoms with Crippen molar-refractivity contribution in [3.8, 4) is 11.5 Å². The average Bonchev–Trinajstić information content (AvgIpc) is 3.25. The lowest BCUT2D eigenvalue weighted by atomic mass is 10.3. The van der Waals surface area contributed by atoms with Gasteiger partial charge in [0.2, 0.25) is 5.91 Å². The van der Waals surface area contributed by atoms with Gasteiger partial charge >= 0.3 is 0 Å². The van der Waals surface area contributed by atoms with Crippen LogP contribution in [0.4, 0.5) is 5.13 Å². The molecular weight excluding hydrogens is 498 g/mol. The Morgan fingerprint density at radius 3 is 2.26 bits per heavy atom. The van der Waals surface area contributed by atoms with Crippen molar-refractivity contribution in [2.45, 2.75) is 17.7 Å². The van der Waals surface area contributed by atoms with Crippen LogP contribution in [0.5, 0.6) is 11.5 Å². The Balaban J connectivity index is 0.00000408. The molecule has 34 heavy (non-hydrogen) atoms. The summed E-state index contributed by atoms with van der Waals surface area (Å²) >= 11 is 1.33. The zero-order valence-electron chi connectivity index (χ0n) is 19.7. The highest BCUT2D eigenvalue weighted by Crippen LogP contribution is 2.40. The molecule has 0 aliphatic rings. The zero-order valence-corrected chi connectivity index (χ0v) is 22.1. The molecular formula is C23H30ClN3O5S2. The number of aromatic nitrogens is 1. The van der Waals surface area contributed by atoms with Gasteiger partial charge in [0, 0.05) is 13.0 Å². The molecule has 0 aliphatic heterocycles. The van der Waals surface area contributed by atoms with E-state index in [0.717, 1.165) is 11.2 Å². The van der Waals surface area contributed by atoms with Gasteiger partial charge in [0.25, 0.3) is 0 Å². The van der Waals surface area contributed by atoms with Crippen LogP contribution in [0.1, 0.15) is 12.8 Å². The summed E-state index contributed by atoms with van der Waals surface area (Å²) < 4.78 is 37.0. The molecule has 8 nitrogen and oxygen atoms in total. The van der Waals surface area contributed by atoms with E-state index in [-0.39, 0.29) is 35.4 Å².